The second-order valence-electron chi connectivity index (χ2n) is 5.24. The predicted molar refractivity (Wildman–Crippen MR) is 91.1 cm³/mol. The van der Waals surface area contributed by atoms with Crippen molar-refractivity contribution in [2.45, 2.75) is 26.5 Å². The molecule has 0 saturated carbocycles. The van der Waals surface area contributed by atoms with E-state index >= 15 is 0 Å². The highest BCUT2D eigenvalue weighted by Gasteiger charge is 2.15. The average molecular weight is 334 g/mol. The van der Waals surface area contributed by atoms with Crippen molar-refractivity contribution in [2.24, 2.45) is 0 Å². The van der Waals surface area contributed by atoms with Crippen molar-refractivity contribution < 1.29 is 14.3 Å². The molecule has 0 spiro atoms. The fraction of sp³-hybridized carbons (Fsp3) is 0.278. The smallest absolute Gasteiger partial charge is 0.261 e. The summed E-state index contributed by atoms with van der Waals surface area (Å²) in [5.74, 6) is 1.27. The Labute approximate surface area is 141 Å². The summed E-state index contributed by atoms with van der Waals surface area (Å²) in [7, 11) is 1.62. The van der Waals surface area contributed by atoms with Gasteiger partial charge in [0.25, 0.3) is 5.91 Å². The minimum absolute atomic E-state index is 0.171. The van der Waals surface area contributed by atoms with Gasteiger partial charge in [-0.05, 0) is 55.3 Å². The minimum Gasteiger partial charge on any atom is -0.497 e. The molecule has 0 saturated heterocycles. The van der Waals surface area contributed by atoms with Crippen LogP contribution in [0.25, 0.3) is 0 Å². The summed E-state index contributed by atoms with van der Waals surface area (Å²) in [6.45, 7) is 4.05. The number of carbonyl (C=O) groups is 1. The van der Waals surface area contributed by atoms with Gasteiger partial charge in [-0.1, -0.05) is 23.7 Å². The Kier molecular flexibility index (Phi) is 5.88. The van der Waals surface area contributed by atoms with Gasteiger partial charge in [0.05, 0.1) is 7.11 Å². The number of amides is 1. The van der Waals surface area contributed by atoms with Crippen molar-refractivity contribution in [1.29, 1.82) is 0 Å². The molecule has 2 rings (SSSR count). The Balaban J connectivity index is 1.89. The number of hydrogen-bond acceptors (Lipinski definition) is 3. The van der Waals surface area contributed by atoms with Crippen molar-refractivity contribution in [2.75, 3.05) is 7.11 Å². The normalized spacial score (nSPS) is 11.7. The fourth-order valence-electron chi connectivity index (χ4n) is 2.07. The van der Waals surface area contributed by atoms with Crippen molar-refractivity contribution >= 4 is 17.5 Å². The van der Waals surface area contributed by atoms with Crippen molar-refractivity contribution in [1.82, 2.24) is 5.32 Å². The van der Waals surface area contributed by atoms with Crippen molar-refractivity contribution in [3.05, 3.63) is 58.6 Å². The molecule has 0 bridgehead atoms. The standard InChI is InChI=1S/C18H20ClNO3/c1-12-10-15(19)6-9-17(12)23-13(2)18(21)20-11-14-4-7-16(22-3)8-5-14/h4-10,13H,11H2,1-3H3,(H,20,21). The van der Waals surface area contributed by atoms with Gasteiger partial charge in [-0.3, -0.25) is 4.79 Å². The average Bonchev–Trinajstić information content (AvgIpc) is 2.55. The summed E-state index contributed by atoms with van der Waals surface area (Å²) in [4.78, 5) is 12.1. The lowest BCUT2D eigenvalue weighted by Gasteiger charge is -2.16. The predicted octanol–water partition coefficient (Wildman–Crippen LogP) is 3.74. The largest absolute Gasteiger partial charge is 0.497 e. The van der Waals surface area contributed by atoms with Crippen LogP contribution < -0.4 is 14.8 Å². The SMILES string of the molecule is COc1ccc(CNC(=O)C(C)Oc2ccc(Cl)cc2C)cc1. The van der Waals surface area contributed by atoms with Crippen LogP contribution in [-0.4, -0.2) is 19.1 Å². The van der Waals surface area contributed by atoms with Gasteiger partial charge in [0.15, 0.2) is 6.10 Å². The number of benzene rings is 2. The maximum Gasteiger partial charge on any atom is 0.261 e. The number of methoxy groups -OCH3 is 1. The van der Waals surface area contributed by atoms with Crippen molar-refractivity contribution in [3.8, 4) is 11.5 Å². The Hall–Kier alpha value is -2.20. The molecule has 0 aliphatic heterocycles. The third-order valence-corrected chi connectivity index (χ3v) is 3.67. The van der Waals surface area contributed by atoms with Gasteiger partial charge in [0.2, 0.25) is 0 Å². The lowest BCUT2D eigenvalue weighted by molar-refractivity contribution is -0.127. The maximum absolute atomic E-state index is 12.1. The zero-order valence-electron chi connectivity index (χ0n) is 13.4. The molecular formula is C18H20ClNO3. The number of rotatable bonds is 6. The molecule has 2 aromatic rings. The van der Waals surface area contributed by atoms with E-state index in [0.717, 1.165) is 16.9 Å². The molecule has 0 radical (unpaired) electrons. The van der Waals surface area contributed by atoms with Crippen LogP contribution >= 0.6 is 11.6 Å². The first kappa shape index (κ1) is 17.2. The molecule has 1 N–H and O–H groups in total. The Bertz CT molecular complexity index is 670. The van der Waals surface area contributed by atoms with E-state index in [1.165, 1.54) is 0 Å². The van der Waals surface area contributed by atoms with E-state index in [0.29, 0.717) is 17.3 Å². The Morgan fingerprint density at radius 1 is 1.22 bits per heavy atom. The molecule has 23 heavy (non-hydrogen) atoms. The Morgan fingerprint density at radius 3 is 2.52 bits per heavy atom. The van der Waals surface area contributed by atoms with Crippen molar-refractivity contribution in [3.63, 3.8) is 0 Å². The monoisotopic (exact) mass is 333 g/mol. The number of aryl methyl sites for hydroxylation is 1. The lowest BCUT2D eigenvalue weighted by Crippen LogP contribution is -2.36. The zero-order chi connectivity index (χ0) is 16.8. The van der Waals surface area contributed by atoms with E-state index < -0.39 is 6.10 Å². The highest BCUT2D eigenvalue weighted by atomic mass is 35.5. The highest BCUT2D eigenvalue weighted by molar-refractivity contribution is 6.30. The van der Waals surface area contributed by atoms with Gasteiger partial charge in [-0.15, -0.1) is 0 Å². The summed E-state index contributed by atoms with van der Waals surface area (Å²) >= 11 is 5.91. The van der Waals surface area contributed by atoms with Crippen LogP contribution in [-0.2, 0) is 11.3 Å². The van der Waals surface area contributed by atoms with E-state index in [9.17, 15) is 4.79 Å². The van der Waals surface area contributed by atoms with Crippen LogP contribution in [0.1, 0.15) is 18.1 Å². The van der Waals surface area contributed by atoms with E-state index in [-0.39, 0.29) is 5.91 Å². The molecule has 4 nitrogen and oxygen atoms in total. The molecular weight excluding hydrogens is 314 g/mol. The van der Waals surface area contributed by atoms with E-state index in [1.54, 1.807) is 32.2 Å². The van der Waals surface area contributed by atoms with Crippen LogP contribution in [0.2, 0.25) is 5.02 Å². The van der Waals surface area contributed by atoms with Gasteiger partial charge in [-0.25, -0.2) is 0 Å². The molecule has 122 valence electrons. The van der Waals surface area contributed by atoms with E-state index in [1.807, 2.05) is 31.2 Å². The first-order valence-corrected chi connectivity index (χ1v) is 7.71. The number of ether oxygens (including phenoxy) is 2. The molecule has 1 atom stereocenters. The molecule has 0 fully saturated rings. The Morgan fingerprint density at radius 2 is 1.91 bits per heavy atom. The number of hydrogen-bond donors (Lipinski definition) is 1. The zero-order valence-corrected chi connectivity index (χ0v) is 14.2. The lowest BCUT2D eigenvalue weighted by atomic mass is 10.2. The molecule has 0 aliphatic carbocycles. The first-order chi connectivity index (χ1) is 11.0. The third kappa shape index (κ3) is 4.89. The van der Waals surface area contributed by atoms with Gasteiger partial charge in [0, 0.05) is 11.6 Å². The maximum atomic E-state index is 12.1. The summed E-state index contributed by atoms with van der Waals surface area (Å²) in [5.41, 5.74) is 1.89. The summed E-state index contributed by atoms with van der Waals surface area (Å²) in [6.07, 6.45) is -0.590. The molecule has 2 aromatic carbocycles. The van der Waals surface area contributed by atoms with Crippen LogP contribution in [0, 0.1) is 6.92 Å². The fourth-order valence-corrected chi connectivity index (χ4v) is 2.29. The van der Waals surface area contributed by atoms with Gasteiger partial charge in [-0.2, -0.15) is 0 Å². The molecule has 0 aromatic heterocycles. The molecule has 0 aliphatic rings. The number of carbonyl (C=O) groups excluding carboxylic acids is 1. The molecule has 0 heterocycles. The molecule has 5 heteroatoms. The van der Waals surface area contributed by atoms with Crippen LogP contribution in [0.4, 0.5) is 0 Å². The first-order valence-electron chi connectivity index (χ1n) is 7.33. The van der Waals surface area contributed by atoms with Crippen LogP contribution in [0.15, 0.2) is 42.5 Å². The highest BCUT2D eigenvalue weighted by Crippen LogP contribution is 2.22. The van der Waals surface area contributed by atoms with Gasteiger partial charge < -0.3 is 14.8 Å². The van der Waals surface area contributed by atoms with E-state index in [2.05, 4.69) is 5.32 Å². The van der Waals surface area contributed by atoms with Gasteiger partial charge in [0.1, 0.15) is 11.5 Å². The molecule has 1 amide bonds. The second-order valence-corrected chi connectivity index (χ2v) is 5.67. The summed E-state index contributed by atoms with van der Waals surface area (Å²) in [5, 5.41) is 3.50. The quantitative estimate of drug-likeness (QED) is 0.876. The minimum atomic E-state index is -0.590. The second kappa shape index (κ2) is 7.88. The topological polar surface area (TPSA) is 47.6 Å². The number of nitrogens with one attached hydrogen (secondary N) is 1. The van der Waals surface area contributed by atoms with Crippen LogP contribution in [0.3, 0.4) is 0 Å². The van der Waals surface area contributed by atoms with Gasteiger partial charge >= 0.3 is 0 Å². The molecule has 1 unspecified atom stereocenters. The summed E-state index contributed by atoms with van der Waals surface area (Å²) < 4.78 is 10.8. The third-order valence-electron chi connectivity index (χ3n) is 3.44. The van der Waals surface area contributed by atoms with Crippen LogP contribution in [0.5, 0.6) is 11.5 Å². The van der Waals surface area contributed by atoms with E-state index in [4.69, 9.17) is 21.1 Å². The summed E-state index contributed by atoms with van der Waals surface area (Å²) in [6, 6.07) is 12.9. The number of halogens is 1.